The van der Waals surface area contributed by atoms with Crippen LogP contribution in [0.3, 0.4) is 0 Å². The molecule has 1 rings (SSSR count). The Hall–Kier alpha value is -0.190. The molecule has 106 valence electrons. The van der Waals surface area contributed by atoms with Crippen LogP contribution >= 0.6 is 46.4 Å². The van der Waals surface area contributed by atoms with Gasteiger partial charge in [-0.25, -0.2) is 0 Å². The van der Waals surface area contributed by atoms with Gasteiger partial charge in [0.25, 0.3) is 5.91 Å². The van der Waals surface area contributed by atoms with E-state index >= 15 is 0 Å². The Labute approximate surface area is 132 Å². The Bertz CT molecular complexity index is 434. The third-order valence-corrected chi connectivity index (χ3v) is 3.30. The van der Waals surface area contributed by atoms with Crippen molar-refractivity contribution < 1.29 is 4.79 Å². The number of rotatable bonds is 5. The molecule has 0 aromatic heterocycles. The van der Waals surface area contributed by atoms with E-state index in [1.807, 2.05) is 6.92 Å². The molecule has 3 nitrogen and oxygen atoms in total. The van der Waals surface area contributed by atoms with Crippen LogP contribution in [0.2, 0.25) is 5.02 Å². The topological polar surface area (TPSA) is 41.1 Å². The summed E-state index contributed by atoms with van der Waals surface area (Å²) in [4.78, 5) is 12.1. The highest BCUT2D eigenvalue weighted by Gasteiger charge is 2.33. The Kier molecular flexibility index (Phi) is 6.71. The van der Waals surface area contributed by atoms with Gasteiger partial charge in [-0.3, -0.25) is 10.1 Å². The third-order valence-electron chi connectivity index (χ3n) is 2.32. The Balaban J connectivity index is 2.79. The summed E-state index contributed by atoms with van der Waals surface area (Å²) in [7, 11) is 0. The normalized spacial score (nSPS) is 13.1. The molecule has 2 N–H and O–H groups in total. The molecule has 0 aliphatic heterocycles. The zero-order valence-corrected chi connectivity index (χ0v) is 13.2. The summed E-state index contributed by atoms with van der Waals surface area (Å²) >= 11 is 23.4. The van der Waals surface area contributed by atoms with Crippen LogP contribution in [-0.4, -0.2) is 22.4 Å². The molecule has 0 spiro atoms. The van der Waals surface area contributed by atoms with Crippen LogP contribution < -0.4 is 10.6 Å². The maximum absolute atomic E-state index is 12.1. The van der Waals surface area contributed by atoms with Gasteiger partial charge in [0.2, 0.25) is 3.79 Å². The number of carbonyl (C=O) groups is 1. The Morgan fingerprint density at radius 1 is 1.32 bits per heavy atom. The number of nitrogens with one attached hydrogen (secondary N) is 2. The predicted octanol–water partition coefficient (Wildman–Crippen LogP) is 3.77. The Morgan fingerprint density at radius 3 is 2.47 bits per heavy atom. The fourth-order valence-electron chi connectivity index (χ4n) is 1.39. The minimum Gasteiger partial charge on any atom is -0.333 e. The molecule has 0 aliphatic rings. The first-order valence-electron chi connectivity index (χ1n) is 5.71. The average Bonchev–Trinajstić information content (AvgIpc) is 2.33. The maximum Gasteiger partial charge on any atom is 0.254 e. The molecular weight excluding hydrogens is 330 g/mol. The van der Waals surface area contributed by atoms with Crippen molar-refractivity contribution in [3.8, 4) is 0 Å². The van der Waals surface area contributed by atoms with Crippen LogP contribution in [0.4, 0.5) is 0 Å². The van der Waals surface area contributed by atoms with Crippen LogP contribution in [0.15, 0.2) is 24.3 Å². The van der Waals surface area contributed by atoms with Crippen molar-refractivity contribution in [2.75, 3.05) is 6.54 Å². The van der Waals surface area contributed by atoms with Crippen molar-refractivity contribution in [3.63, 3.8) is 0 Å². The Morgan fingerprint density at radius 2 is 1.95 bits per heavy atom. The van der Waals surface area contributed by atoms with Crippen LogP contribution in [0.1, 0.15) is 23.7 Å². The van der Waals surface area contributed by atoms with E-state index in [1.54, 1.807) is 24.3 Å². The van der Waals surface area contributed by atoms with Gasteiger partial charge in [-0.15, -0.1) is 0 Å². The second-order valence-electron chi connectivity index (χ2n) is 3.88. The summed E-state index contributed by atoms with van der Waals surface area (Å²) < 4.78 is -1.65. The van der Waals surface area contributed by atoms with Gasteiger partial charge in [0.05, 0.1) is 10.6 Å². The van der Waals surface area contributed by atoms with E-state index < -0.39 is 15.9 Å². The highest BCUT2D eigenvalue weighted by Crippen LogP contribution is 2.29. The average molecular weight is 344 g/mol. The molecule has 0 radical (unpaired) electrons. The van der Waals surface area contributed by atoms with Gasteiger partial charge >= 0.3 is 0 Å². The van der Waals surface area contributed by atoms with Gasteiger partial charge in [0.1, 0.15) is 6.17 Å². The molecule has 0 heterocycles. The molecule has 0 saturated heterocycles. The van der Waals surface area contributed by atoms with Crippen LogP contribution in [0, 0.1) is 0 Å². The molecular formula is C12H14Cl4N2O. The second-order valence-corrected chi connectivity index (χ2v) is 6.66. The van der Waals surface area contributed by atoms with Crippen molar-refractivity contribution in [3.05, 3.63) is 34.9 Å². The van der Waals surface area contributed by atoms with Crippen LogP contribution in [-0.2, 0) is 0 Å². The summed E-state index contributed by atoms with van der Waals surface area (Å²) in [5, 5.41) is 5.92. The first-order chi connectivity index (χ1) is 8.86. The van der Waals surface area contributed by atoms with Crippen molar-refractivity contribution in [1.29, 1.82) is 0 Å². The molecule has 0 aliphatic carbocycles. The monoisotopic (exact) mass is 342 g/mol. The lowest BCUT2D eigenvalue weighted by molar-refractivity contribution is 0.0930. The number of benzene rings is 1. The molecule has 1 atom stereocenters. The molecule has 1 unspecified atom stereocenters. The van der Waals surface area contributed by atoms with Gasteiger partial charge < -0.3 is 5.32 Å². The molecule has 0 fully saturated rings. The van der Waals surface area contributed by atoms with Crippen molar-refractivity contribution in [1.82, 2.24) is 10.6 Å². The van der Waals surface area contributed by atoms with Crippen LogP contribution in [0.5, 0.6) is 0 Å². The van der Waals surface area contributed by atoms with Crippen molar-refractivity contribution in [2.45, 2.75) is 23.3 Å². The second kappa shape index (κ2) is 7.55. The van der Waals surface area contributed by atoms with E-state index in [2.05, 4.69) is 10.6 Å². The molecule has 7 heteroatoms. The zero-order chi connectivity index (χ0) is 14.5. The number of alkyl halides is 3. The lowest BCUT2D eigenvalue weighted by atomic mass is 10.2. The quantitative estimate of drug-likeness (QED) is 0.631. The SMILES string of the molecule is CCCNC(NC(=O)c1ccccc1Cl)C(Cl)(Cl)Cl. The van der Waals surface area contributed by atoms with Gasteiger partial charge in [0.15, 0.2) is 0 Å². The van der Waals surface area contributed by atoms with Gasteiger partial charge in [-0.05, 0) is 25.1 Å². The fraction of sp³-hybridized carbons (Fsp3) is 0.417. The summed E-state index contributed by atoms with van der Waals surface area (Å²) in [5.41, 5.74) is 0.335. The standard InChI is InChI=1S/C12H14Cl4N2O/c1-2-7-17-11(12(14,15)16)18-10(19)8-5-3-4-6-9(8)13/h3-6,11,17H,2,7H2,1H3,(H,18,19). The van der Waals surface area contributed by atoms with Gasteiger partial charge in [-0.2, -0.15) is 0 Å². The number of hydrogen-bond acceptors (Lipinski definition) is 2. The van der Waals surface area contributed by atoms with Crippen LogP contribution in [0.25, 0.3) is 0 Å². The lowest BCUT2D eigenvalue weighted by Gasteiger charge is -2.26. The number of carbonyl (C=O) groups excluding carboxylic acids is 1. The minimum atomic E-state index is -1.65. The largest absolute Gasteiger partial charge is 0.333 e. The van der Waals surface area contributed by atoms with E-state index in [0.29, 0.717) is 17.1 Å². The number of hydrogen-bond donors (Lipinski definition) is 2. The zero-order valence-electron chi connectivity index (χ0n) is 10.2. The highest BCUT2D eigenvalue weighted by molar-refractivity contribution is 6.68. The van der Waals surface area contributed by atoms with Crippen molar-refractivity contribution >= 4 is 52.3 Å². The van der Waals surface area contributed by atoms with Gasteiger partial charge in [0, 0.05) is 0 Å². The van der Waals surface area contributed by atoms with E-state index in [4.69, 9.17) is 46.4 Å². The lowest BCUT2D eigenvalue weighted by Crippen LogP contribution is -2.53. The molecule has 1 amide bonds. The van der Waals surface area contributed by atoms with Gasteiger partial charge in [-0.1, -0.05) is 65.5 Å². The van der Waals surface area contributed by atoms with E-state index in [0.717, 1.165) is 6.42 Å². The summed E-state index contributed by atoms with van der Waals surface area (Å²) in [6, 6.07) is 6.68. The molecule has 19 heavy (non-hydrogen) atoms. The summed E-state index contributed by atoms with van der Waals surface area (Å²) in [6.07, 6.45) is 0.0559. The molecule has 0 saturated carbocycles. The predicted molar refractivity (Wildman–Crippen MR) is 81.3 cm³/mol. The minimum absolute atomic E-state index is 0.335. The summed E-state index contributed by atoms with van der Waals surface area (Å²) in [6.45, 7) is 2.58. The first kappa shape index (κ1) is 16.9. The smallest absolute Gasteiger partial charge is 0.254 e. The molecule has 1 aromatic carbocycles. The van der Waals surface area contributed by atoms with E-state index in [-0.39, 0.29) is 0 Å². The maximum atomic E-state index is 12.1. The van der Waals surface area contributed by atoms with Crippen molar-refractivity contribution in [2.24, 2.45) is 0 Å². The first-order valence-corrected chi connectivity index (χ1v) is 7.23. The third kappa shape index (κ3) is 5.36. The molecule has 0 bridgehead atoms. The van der Waals surface area contributed by atoms with E-state index in [1.165, 1.54) is 0 Å². The highest BCUT2D eigenvalue weighted by atomic mass is 35.6. The fourth-order valence-corrected chi connectivity index (χ4v) is 2.01. The molecule has 1 aromatic rings. The number of amides is 1. The number of halogens is 4. The summed E-state index contributed by atoms with van der Waals surface area (Å²) in [5.74, 6) is -0.398. The van der Waals surface area contributed by atoms with E-state index in [9.17, 15) is 4.79 Å².